The van der Waals surface area contributed by atoms with Crippen molar-refractivity contribution in [1.82, 2.24) is 19.9 Å². The topological polar surface area (TPSA) is 236 Å². The normalized spacial score (nSPS) is 11.9. The van der Waals surface area contributed by atoms with Crippen LogP contribution in [0.25, 0.3) is 23.0 Å². The maximum absolute atomic E-state index is 12.2. The first kappa shape index (κ1) is 66.5. The van der Waals surface area contributed by atoms with E-state index in [-0.39, 0.29) is 79.5 Å². The van der Waals surface area contributed by atoms with Gasteiger partial charge in [0.2, 0.25) is 0 Å². The zero-order valence-electron chi connectivity index (χ0n) is 44.8. The van der Waals surface area contributed by atoms with Crippen LogP contribution >= 0.6 is 0 Å². The second-order valence-electron chi connectivity index (χ2n) is 20.8. The summed E-state index contributed by atoms with van der Waals surface area (Å²) < 4.78 is 0. The number of hydrogen-bond donors (Lipinski definition) is 2. The van der Waals surface area contributed by atoms with Gasteiger partial charge in [-0.2, -0.15) is 0 Å². The van der Waals surface area contributed by atoms with E-state index in [0.29, 0.717) is 0 Å². The molecule has 76 heavy (non-hydrogen) atoms. The van der Waals surface area contributed by atoms with Crippen LogP contribution in [0.2, 0.25) is 0 Å². The molecule has 14 nitrogen and oxygen atoms in total. The number of aromatic nitrogens is 4. The largest absolute Gasteiger partial charge is 2.00 e. The summed E-state index contributed by atoms with van der Waals surface area (Å²) in [5, 5.41) is 54.9. The van der Waals surface area contributed by atoms with Gasteiger partial charge in [0.05, 0.1) is 0 Å². The molecule has 0 aliphatic carbocycles. The zero-order valence-corrected chi connectivity index (χ0v) is 46.7. The molecule has 0 spiro atoms. The first-order chi connectivity index (χ1) is 34.5. The van der Waals surface area contributed by atoms with Gasteiger partial charge in [0.1, 0.15) is 23.3 Å². The monoisotopic (exact) mass is 1120 g/mol. The fourth-order valence-corrected chi connectivity index (χ4v) is 5.34. The number of nitrogens with one attached hydrogen (secondary N) is 2. The Morgan fingerprint density at radius 1 is 0.342 bits per heavy atom. The summed E-state index contributed by atoms with van der Waals surface area (Å²) in [6.45, 7) is 20.7. The fourth-order valence-electron chi connectivity index (χ4n) is 5.34. The molecule has 0 amide bonds. The second kappa shape index (κ2) is 30.8. The Bertz CT molecular complexity index is 2530. The Labute approximate surface area is 468 Å². The van der Waals surface area contributed by atoms with Crippen molar-refractivity contribution in [3.05, 3.63) is 193 Å². The summed E-state index contributed by atoms with van der Waals surface area (Å²) in [4.78, 5) is 64.2. The van der Waals surface area contributed by atoms with E-state index in [0.717, 1.165) is 47.6 Å². The molecule has 4 heterocycles. The summed E-state index contributed by atoms with van der Waals surface area (Å²) in [6, 6.07) is 34.9. The van der Waals surface area contributed by atoms with Gasteiger partial charge in [0.25, 0.3) is 0 Å². The van der Waals surface area contributed by atoms with Gasteiger partial charge >= 0.3 is 34.1 Å². The molecule has 0 saturated heterocycles. The van der Waals surface area contributed by atoms with Crippen molar-refractivity contribution >= 4 is 69.4 Å². The molecular formula is C60H66Cu2N6O8. The van der Waals surface area contributed by atoms with Crippen LogP contribution in [0, 0.1) is 21.7 Å². The number of anilines is 4. The molecule has 0 unspecified atom stereocenters. The summed E-state index contributed by atoms with van der Waals surface area (Å²) in [5.74, 6) is 0.302. The minimum Gasteiger partial charge on any atom is -0.872 e. The van der Waals surface area contributed by atoms with E-state index in [9.17, 15) is 39.6 Å². The van der Waals surface area contributed by atoms with Crippen LogP contribution in [0.3, 0.4) is 0 Å². The number of allylic oxidation sites excluding steroid dienone is 4. The minimum absolute atomic E-state index is 0. The van der Waals surface area contributed by atoms with E-state index in [1.54, 1.807) is 120 Å². The van der Waals surface area contributed by atoms with Crippen LogP contribution in [0.4, 0.5) is 23.3 Å². The van der Waals surface area contributed by atoms with E-state index < -0.39 is 44.7 Å². The first-order valence-corrected chi connectivity index (χ1v) is 23.7. The number of rotatable bonds is 12. The molecule has 0 aliphatic rings. The van der Waals surface area contributed by atoms with Crippen LogP contribution in [0.5, 0.6) is 0 Å². The van der Waals surface area contributed by atoms with Crippen LogP contribution in [0.1, 0.15) is 105 Å². The Kier molecular flexibility index (Phi) is 26.9. The Hall–Kier alpha value is -7.48. The van der Waals surface area contributed by atoms with Crippen molar-refractivity contribution in [3.63, 3.8) is 0 Å². The predicted octanol–water partition coefficient (Wildman–Crippen LogP) is 9.07. The van der Waals surface area contributed by atoms with Gasteiger partial charge in [0, 0.05) is 46.4 Å². The maximum Gasteiger partial charge on any atom is 2.00 e. The van der Waals surface area contributed by atoms with Gasteiger partial charge in [0.15, 0.2) is 23.1 Å². The van der Waals surface area contributed by atoms with Gasteiger partial charge in [-0.25, -0.2) is 19.9 Å². The number of carbonyl (C=O) groups is 4. The minimum atomic E-state index is -0.643. The Balaban J connectivity index is 0.000000520. The number of hydrogen-bond acceptors (Lipinski definition) is 14. The summed E-state index contributed by atoms with van der Waals surface area (Å²) >= 11 is 0. The Morgan fingerprint density at radius 2 is 0.539 bits per heavy atom. The van der Waals surface area contributed by atoms with Crippen LogP contribution in [0.15, 0.2) is 170 Å². The number of carbonyl (C=O) groups excluding carboxylic acids is 4. The average Bonchev–Trinajstić information content (AvgIpc) is 3.34. The number of nitrogens with zero attached hydrogens (tertiary/aromatic N) is 4. The molecule has 406 valence electrons. The third-order valence-electron chi connectivity index (χ3n) is 10.0. The van der Waals surface area contributed by atoms with Gasteiger partial charge in [-0.3, -0.25) is 19.2 Å². The molecule has 2 radical (unpaired) electrons. The standard InChI is InChI=1S/2C20H26O4.2C10H9N3.2Cu/c2*1-19(2,3)17(23)11-15(21)13-8-7-9-14(10-13)16(22)12-18(24)20(4,5)6;2*1-3-7-11-9(5-1)13-10-6-2-4-8-12-10;;/h2*7-12,21-22H,1-6H3;2*1-8H,(H,11,12,13);;/q;;;;2*+2/p-4/b2*15-11-,16-12-;;;;. The Morgan fingerprint density at radius 3 is 0.697 bits per heavy atom. The van der Waals surface area contributed by atoms with Gasteiger partial charge in [-0.05, 0) is 107 Å². The van der Waals surface area contributed by atoms with E-state index in [1.807, 2.05) is 72.8 Å². The third kappa shape index (κ3) is 24.2. The molecule has 2 aromatic carbocycles. The SMILES string of the molecule is CC(C)(C)C(=O)/C=C(\[O-])c1cccc(/C([O-])=C/C(=O)C(C)(C)C)c1.CC(C)(C)C(=O)/C=C(\[O-])c1cccc(/C([O-])=C/C(=O)C(C)(C)C)c1.[Cu+2].[Cu+2].c1ccc(Nc2ccccn2)nc1.c1ccc(Nc2ccccn2)nc1. The summed E-state index contributed by atoms with van der Waals surface area (Å²) in [5.41, 5.74) is -1.59. The van der Waals surface area contributed by atoms with Crippen LogP contribution < -0.4 is 31.1 Å². The van der Waals surface area contributed by atoms with Crippen LogP contribution in [-0.2, 0) is 53.3 Å². The van der Waals surface area contributed by atoms with Crippen molar-refractivity contribution in [1.29, 1.82) is 0 Å². The maximum atomic E-state index is 12.2. The quantitative estimate of drug-likeness (QED) is 0.0661. The molecule has 6 rings (SSSR count). The number of ketones is 4. The fraction of sp³-hybridized carbons (Fsp3) is 0.267. The van der Waals surface area contributed by atoms with Crippen molar-refractivity contribution in [2.24, 2.45) is 21.7 Å². The first-order valence-electron chi connectivity index (χ1n) is 23.7. The molecule has 16 heteroatoms. The molecule has 4 aromatic heterocycles. The summed E-state index contributed by atoms with van der Waals surface area (Å²) in [6.07, 6.45) is 11.2. The van der Waals surface area contributed by atoms with Gasteiger partial charge < -0.3 is 31.1 Å². The van der Waals surface area contributed by atoms with Gasteiger partial charge in [-0.15, -0.1) is 0 Å². The molecule has 0 bridgehead atoms. The number of benzene rings is 2. The summed E-state index contributed by atoms with van der Waals surface area (Å²) in [7, 11) is 0. The smallest absolute Gasteiger partial charge is 0.872 e. The predicted molar refractivity (Wildman–Crippen MR) is 286 cm³/mol. The molecule has 0 aliphatic heterocycles. The molecular weight excluding hydrogens is 1060 g/mol. The van der Waals surface area contributed by atoms with Gasteiger partial charge in [-0.1, -0.05) is 167 Å². The molecule has 6 aromatic rings. The van der Waals surface area contributed by atoms with Crippen molar-refractivity contribution in [2.75, 3.05) is 10.6 Å². The molecule has 2 N–H and O–H groups in total. The van der Waals surface area contributed by atoms with Crippen molar-refractivity contribution in [2.45, 2.75) is 83.1 Å². The zero-order chi connectivity index (χ0) is 55.3. The van der Waals surface area contributed by atoms with E-state index in [1.165, 1.54) is 36.4 Å². The number of pyridine rings is 4. The molecule has 0 atom stereocenters. The third-order valence-corrected chi connectivity index (χ3v) is 10.0. The average molecular weight is 1130 g/mol. The van der Waals surface area contributed by atoms with E-state index >= 15 is 0 Å². The van der Waals surface area contributed by atoms with E-state index in [4.69, 9.17) is 0 Å². The molecule has 0 saturated carbocycles. The van der Waals surface area contributed by atoms with Crippen molar-refractivity contribution in [3.8, 4) is 0 Å². The van der Waals surface area contributed by atoms with Crippen molar-refractivity contribution < 1.29 is 73.7 Å². The van der Waals surface area contributed by atoms with Crippen LogP contribution in [-0.4, -0.2) is 43.1 Å². The van der Waals surface area contributed by atoms with E-state index in [2.05, 4.69) is 30.6 Å². The molecule has 0 fully saturated rings. The second-order valence-corrected chi connectivity index (χ2v) is 20.8.